The van der Waals surface area contributed by atoms with E-state index in [4.69, 9.17) is 4.42 Å². The van der Waals surface area contributed by atoms with Crippen LogP contribution < -0.4 is 10.0 Å². The van der Waals surface area contributed by atoms with Gasteiger partial charge in [-0.1, -0.05) is 6.07 Å². The molecule has 1 aromatic heterocycles. The summed E-state index contributed by atoms with van der Waals surface area (Å²) in [6.45, 7) is 0.791. The maximum Gasteiger partial charge on any atom is 0.135 e. The van der Waals surface area contributed by atoms with Gasteiger partial charge in [-0.15, -0.1) is 0 Å². The van der Waals surface area contributed by atoms with Gasteiger partial charge in [0, 0.05) is 17.0 Å². The molecule has 5 heteroatoms. The van der Waals surface area contributed by atoms with Gasteiger partial charge in [-0.05, 0) is 73.1 Å². The number of anilines is 1. The summed E-state index contributed by atoms with van der Waals surface area (Å²) in [6.07, 6.45) is 1.66. The van der Waals surface area contributed by atoms with Gasteiger partial charge in [0.2, 0.25) is 0 Å². The van der Waals surface area contributed by atoms with Crippen molar-refractivity contribution in [2.45, 2.75) is 11.4 Å². The summed E-state index contributed by atoms with van der Waals surface area (Å²) in [7, 11) is 1.92. The minimum atomic E-state index is -0.234. The van der Waals surface area contributed by atoms with E-state index in [1.807, 2.05) is 25.2 Å². The van der Waals surface area contributed by atoms with Gasteiger partial charge in [0.15, 0.2) is 0 Å². The maximum absolute atomic E-state index is 13.0. The van der Waals surface area contributed by atoms with Crippen molar-refractivity contribution in [3.05, 3.63) is 72.2 Å². The normalized spacial score (nSPS) is 10.7. The lowest BCUT2D eigenvalue weighted by Gasteiger charge is -2.12. The molecule has 0 atom stereocenters. The Morgan fingerprint density at radius 2 is 1.91 bits per heavy atom. The van der Waals surface area contributed by atoms with Gasteiger partial charge in [-0.2, -0.15) is 0 Å². The van der Waals surface area contributed by atoms with Crippen LogP contribution in [0.5, 0.6) is 0 Å². The molecule has 3 nitrogen and oxygen atoms in total. The van der Waals surface area contributed by atoms with E-state index in [-0.39, 0.29) is 5.82 Å². The van der Waals surface area contributed by atoms with E-state index < -0.39 is 0 Å². The molecule has 0 unspecified atom stereocenters. The van der Waals surface area contributed by atoms with E-state index >= 15 is 0 Å². The zero-order valence-electron chi connectivity index (χ0n) is 12.7. The standard InChI is InChI=1S/C18H17FN2OS/c1-20-12-13-4-9-17(16(11-13)18-3-2-10-22-18)21-23-15-7-5-14(19)6-8-15/h2-11,20-21H,12H2,1H3. The SMILES string of the molecule is CNCc1ccc(NSc2ccc(F)cc2)c(-c2ccco2)c1. The minimum absolute atomic E-state index is 0.234. The molecule has 0 saturated heterocycles. The Kier molecular flexibility index (Phi) is 5.00. The molecule has 0 fully saturated rings. The van der Waals surface area contributed by atoms with Crippen molar-refractivity contribution in [2.24, 2.45) is 0 Å². The molecule has 0 amide bonds. The topological polar surface area (TPSA) is 37.2 Å². The summed E-state index contributed by atoms with van der Waals surface area (Å²) in [5, 5.41) is 3.15. The predicted octanol–water partition coefficient (Wildman–Crippen LogP) is 4.92. The fourth-order valence-corrected chi connectivity index (χ4v) is 2.92. The first-order valence-electron chi connectivity index (χ1n) is 7.26. The van der Waals surface area contributed by atoms with E-state index in [0.29, 0.717) is 0 Å². The Morgan fingerprint density at radius 3 is 2.61 bits per heavy atom. The van der Waals surface area contributed by atoms with Crippen LogP contribution in [0.3, 0.4) is 0 Å². The average Bonchev–Trinajstić information content (AvgIpc) is 3.10. The van der Waals surface area contributed by atoms with E-state index in [9.17, 15) is 4.39 Å². The van der Waals surface area contributed by atoms with Crippen LogP contribution in [0, 0.1) is 5.82 Å². The third kappa shape index (κ3) is 3.94. The van der Waals surface area contributed by atoms with Crippen molar-refractivity contribution in [3.63, 3.8) is 0 Å². The summed E-state index contributed by atoms with van der Waals surface area (Å²) in [5.74, 6) is 0.576. The molecule has 1 heterocycles. The van der Waals surface area contributed by atoms with Crippen LogP contribution in [0.25, 0.3) is 11.3 Å². The predicted molar refractivity (Wildman–Crippen MR) is 92.8 cm³/mol. The van der Waals surface area contributed by atoms with Crippen molar-refractivity contribution in [1.82, 2.24) is 5.32 Å². The fraction of sp³-hybridized carbons (Fsp3) is 0.111. The Bertz CT molecular complexity index is 757. The van der Waals surface area contributed by atoms with Gasteiger partial charge in [-0.25, -0.2) is 4.39 Å². The summed E-state index contributed by atoms with van der Waals surface area (Å²) < 4.78 is 21.8. The monoisotopic (exact) mass is 328 g/mol. The molecule has 0 aliphatic rings. The molecule has 3 aromatic rings. The lowest BCUT2D eigenvalue weighted by atomic mass is 10.1. The molecule has 3 rings (SSSR count). The lowest BCUT2D eigenvalue weighted by Crippen LogP contribution is -2.05. The van der Waals surface area contributed by atoms with E-state index in [2.05, 4.69) is 22.2 Å². The van der Waals surface area contributed by atoms with Gasteiger partial charge < -0.3 is 14.5 Å². The van der Waals surface area contributed by atoms with Gasteiger partial charge >= 0.3 is 0 Å². The third-order valence-corrected chi connectivity index (χ3v) is 4.17. The molecule has 118 valence electrons. The smallest absolute Gasteiger partial charge is 0.135 e. The molecule has 0 radical (unpaired) electrons. The first kappa shape index (κ1) is 15.6. The Morgan fingerprint density at radius 1 is 1.09 bits per heavy atom. The zero-order valence-corrected chi connectivity index (χ0v) is 13.5. The molecule has 0 aliphatic heterocycles. The van der Waals surface area contributed by atoms with Crippen LogP contribution in [-0.4, -0.2) is 7.05 Å². The van der Waals surface area contributed by atoms with E-state index in [1.54, 1.807) is 18.4 Å². The lowest BCUT2D eigenvalue weighted by molar-refractivity contribution is 0.582. The fourth-order valence-electron chi connectivity index (χ4n) is 2.25. The molecule has 2 N–H and O–H groups in total. The van der Waals surface area contributed by atoms with Crippen molar-refractivity contribution < 1.29 is 8.81 Å². The van der Waals surface area contributed by atoms with Gasteiger partial charge in [-0.3, -0.25) is 0 Å². The third-order valence-electron chi connectivity index (χ3n) is 3.34. The zero-order chi connectivity index (χ0) is 16.1. The summed E-state index contributed by atoms with van der Waals surface area (Å²) in [5.41, 5.74) is 3.13. The average molecular weight is 328 g/mol. The summed E-state index contributed by atoms with van der Waals surface area (Å²) in [6, 6.07) is 16.4. The summed E-state index contributed by atoms with van der Waals surface area (Å²) in [4.78, 5) is 0.941. The first-order valence-corrected chi connectivity index (χ1v) is 8.08. The Hall–Kier alpha value is -2.24. The van der Waals surface area contributed by atoms with Crippen molar-refractivity contribution in [2.75, 3.05) is 11.8 Å². The van der Waals surface area contributed by atoms with E-state index in [1.165, 1.54) is 29.6 Å². The highest BCUT2D eigenvalue weighted by atomic mass is 32.2. The van der Waals surface area contributed by atoms with Gasteiger partial charge in [0.1, 0.15) is 11.6 Å². The quantitative estimate of drug-likeness (QED) is 0.630. The number of hydrogen-bond donors (Lipinski definition) is 2. The number of hydrogen-bond acceptors (Lipinski definition) is 4. The second-order valence-corrected chi connectivity index (χ2v) is 5.93. The molecule has 23 heavy (non-hydrogen) atoms. The van der Waals surface area contributed by atoms with Gasteiger partial charge in [0.25, 0.3) is 0 Å². The van der Waals surface area contributed by atoms with Crippen molar-refractivity contribution >= 4 is 17.6 Å². The van der Waals surface area contributed by atoms with Crippen LogP contribution >= 0.6 is 11.9 Å². The molecule has 0 bridgehead atoms. The maximum atomic E-state index is 13.0. The molecule has 0 spiro atoms. The number of furan rings is 1. The Labute approximate surface area is 139 Å². The van der Waals surface area contributed by atoms with Crippen LogP contribution in [0.1, 0.15) is 5.56 Å². The molecular weight excluding hydrogens is 311 g/mol. The number of nitrogens with one attached hydrogen (secondary N) is 2. The highest BCUT2D eigenvalue weighted by Crippen LogP contribution is 2.32. The molecule has 0 saturated carbocycles. The van der Waals surface area contributed by atoms with Crippen molar-refractivity contribution in [1.29, 1.82) is 0 Å². The van der Waals surface area contributed by atoms with Crippen LogP contribution in [0.4, 0.5) is 10.1 Å². The minimum Gasteiger partial charge on any atom is -0.464 e. The second-order valence-electron chi connectivity index (χ2n) is 5.05. The molecule has 2 aromatic carbocycles. The van der Waals surface area contributed by atoms with Crippen LogP contribution in [0.15, 0.2) is 70.2 Å². The number of benzene rings is 2. The summed E-state index contributed by atoms with van der Waals surface area (Å²) >= 11 is 1.44. The highest BCUT2D eigenvalue weighted by molar-refractivity contribution is 8.00. The first-order chi connectivity index (χ1) is 11.3. The van der Waals surface area contributed by atoms with Crippen LogP contribution in [0.2, 0.25) is 0 Å². The van der Waals surface area contributed by atoms with Crippen LogP contribution in [-0.2, 0) is 6.54 Å². The van der Waals surface area contributed by atoms with E-state index in [0.717, 1.165) is 28.5 Å². The molecular formula is C18H17FN2OS. The van der Waals surface area contributed by atoms with Crippen molar-refractivity contribution in [3.8, 4) is 11.3 Å². The highest BCUT2D eigenvalue weighted by Gasteiger charge is 2.09. The molecule has 0 aliphatic carbocycles. The largest absolute Gasteiger partial charge is 0.464 e. The Balaban J connectivity index is 1.84. The second kappa shape index (κ2) is 7.35. The number of rotatable bonds is 6. The number of halogens is 1. The van der Waals surface area contributed by atoms with Gasteiger partial charge in [0.05, 0.1) is 12.0 Å².